The minimum atomic E-state index is 0.303. The van der Waals surface area contributed by atoms with Gasteiger partial charge in [-0.25, -0.2) is 0 Å². The molecule has 1 aromatic heterocycles. The highest BCUT2D eigenvalue weighted by atomic mass is 32.2. The first-order valence-corrected chi connectivity index (χ1v) is 9.34. The van der Waals surface area contributed by atoms with Crippen molar-refractivity contribution < 1.29 is 9.47 Å². The molecule has 3 heterocycles. The van der Waals surface area contributed by atoms with Gasteiger partial charge in [-0.2, -0.15) is 16.9 Å². The summed E-state index contributed by atoms with van der Waals surface area (Å²) in [6, 6.07) is 6.64. The number of H-pyrrole nitrogens is 1. The second kappa shape index (κ2) is 6.09. The molecule has 0 saturated heterocycles. The lowest BCUT2D eigenvalue weighted by Gasteiger charge is -2.32. The standard InChI is InChI=1S/C17H21N3O2S/c1-11(9-23-2)20-6-5-14-13(8-20)17(19-18-14)12-3-4-15-16(7-12)22-10-21-15/h3-4,7,11H,5-6,8-10H2,1-2H3,(H,18,19)/t11-/m1/s1. The van der Waals surface area contributed by atoms with Crippen LogP contribution in [0.25, 0.3) is 11.3 Å². The zero-order valence-corrected chi connectivity index (χ0v) is 14.3. The van der Waals surface area contributed by atoms with E-state index in [2.05, 4.69) is 34.3 Å². The largest absolute Gasteiger partial charge is 0.454 e. The second-order valence-corrected chi connectivity index (χ2v) is 7.03. The Morgan fingerprint density at radius 3 is 3.09 bits per heavy atom. The Hall–Kier alpha value is -1.66. The number of nitrogens with one attached hydrogen (secondary N) is 1. The average Bonchev–Trinajstić information content (AvgIpc) is 3.20. The third kappa shape index (κ3) is 2.70. The fourth-order valence-corrected chi connectivity index (χ4v) is 4.01. The maximum absolute atomic E-state index is 5.50. The number of aromatic amines is 1. The molecule has 2 aromatic rings. The van der Waals surface area contributed by atoms with Gasteiger partial charge in [0.05, 0.1) is 5.69 Å². The van der Waals surface area contributed by atoms with E-state index in [0.29, 0.717) is 12.8 Å². The second-order valence-electron chi connectivity index (χ2n) is 6.12. The lowest BCUT2D eigenvalue weighted by Crippen LogP contribution is -2.38. The van der Waals surface area contributed by atoms with Crippen LogP contribution in [0.1, 0.15) is 18.2 Å². The molecule has 0 saturated carbocycles. The Kier molecular flexibility index (Phi) is 3.95. The maximum atomic E-state index is 5.50. The zero-order valence-electron chi connectivity index (χ0n) is 13.5. The van der Waals surface area contributed by atoms with Crippen LogP contribution < -0.4 is 9.47 Å². The summed E-state index contributed by atoms with van der Waals surface area (Å²) in [6.45, 7) is 4.66. The van der Waals surface area contributed by atoms with Crippen LogP contribution in [0.2, 0.25) is 0 Å². The first kappa shape index (κ1) is 14.9. The Morgan fingerprint density at radius 1 is 1.35 bits per heavy atom. The predicted octanol–water partition coefficient (Wildman–Crippen LogP) is 2.92. The first-order chi connectivity index (χ1) is 11.3. The topological polar surface area (TPSA) is 50.4 Å². The fourth-order valence-electron chi connectivity index (χ4n) is 3.32. The maximum Gasteiger partial charge on any atom is 0.231 e. The Bertz CT molecular complexity index is 716. The van der Waals surface area contributed by atoms with Gasteiger partial charge in [0, 0.05) is 48.1 Å². The SMILES string of the molecule is CSC[C@@H](C)N1CCc2[nH]nc(-c3ccc4c(c3)OCO4)c2C1. The van der Waals surface area contributed by atoms with Crippen molar-refractivity contribution in [2.45, 2.75) is 25.9 Å². The number of fused-ring (bicyclic) bond motifs is 2. The predicted molar refractivity (Wildman–Crippen MR) is 92.1 cm³/mol. The molecule has 1 aromatic carbocycles. The molecular weight excluding hydrogens is 310 g/mol. The van der Waals surface area contributed by atoms with E-state index in [1.807, 2.05) is 23.9 Å². The minimum absolute atomic E-state index is 0.303. The molecule has 0 bridgehead atoms. The number of benzene rings is 1. The Labute approximate surface area is 140 Å². The molecule has 0 radical (unpaired) electrons. The average molecular weight is 331 g/mol. The number of hydrogen-bond acceptors (Lipinski definition) is 5. The highest BCUT2D eigenvalue weighted by Crippen LogP contribution is 2.37. The van der Waals surface area contributed by atoms with Crippen LogP contribution in [0.5, 0.6) is 11.5 Å². The number of rotatable bonds is 4. The van der Waals surface area contributed by atoms with E-state index >= 15 is 0 Å². The zero-order chi connectivity index (χ0) is 15.8. The van der Waals surface area contributed by atoms with Gasteiger partial charge < -0.3 is 9.47 Å². The summed E-state index contributed by atoms with van der Waals surface area (Å²) in [7, 11) is 0. The summed E-state index contributed by atoms with van der Waals surface area (Å²) in [4.78, 5) is 2.55. The van der Waals surface area contributed by atoms with Crippen LogP contribution in [0.15, 0.2) is 18.2 Å². The van der Waals surface area contributed by atoms with E-state index in [9.17, 15) is 0 Å². The van der Waals surface area contributed by atoms with Crippen LogP contribution in [0, 0.1) is 0 Å². The van der Waals surface area contributed by atoms with Crippen molar-refractivity contribution in [3.63, 3.8) is 0 Å². The van der Waals surface area contributed by atoms with Crippen LogP contribution in [-0.2, 0) is 13.0 Å². The van der Waals surface area contributed by atoms with E-state index in [-0.39, 0.29) is 0 Å². The van der Waals surface area contributed by atoms with Crippen molar-refractivity contribution in [1.29, 1.82) is 0 Å². The van der Waals surface area contributed by atoms with Gasteiger partial charge in [0.1, 0.15) is 0 Å². The van der Waals surface area contributed by atoms with E-state index in [1.54, 1.807) is 0 Å². The molecule has 5 nitrogen and oxygen atoms in total. The van der Waals surface area contributed by atoms with Crippen molar-refractivity contribution in [3.8, 4) is 22.8 Å². The van der Waals surface area contributed by atoms with Crippen molar-refractivity contribution in [1.82, 2.24) is 15.1 Å². The van der Waals surface area contributed by atoms with Gasteiger partial charge in [0.15, 0.2) is 11.5 Å². The van der Waals surface area contributed by atoms with Gasteiger partial charge in [0.2, 0.25) is 6.79 Å². The van der Waals surface area contributed by atoms with Gasteiger partial charge in [-0.15, -0.1) is 0 Å². The van der Waals surface area contributed by atoms with Crippen LogP contribution in [-0.4, -0.2) is 46.5 Å². The van der Waals surface area contributed by atoms with Gasteiger partial charge in [-0.3, -0.25) is 10.00 Å². The first-order valence-electron chi connectivity index (χ1n) is 7.95. The molecule has 1 N–H and O–H groups in total. The quantitative estimate of drug-likeness (QED) is 0.933. The molecule has 23 heavy (non-hydrogen) atoms. The minimum Gasteiger partial charge on any atom is -0.454 e. The fraction of sp³-hybridized carbons (Fsp3) is 0.471. The molecule has 4 rings (SSSR count). The van der Waals surface area contributed by atoms with Crippen molar-refractivity contribution in [2.24, 2.45) is 0 Å². The lowest BCUT2D eigenvalue weighted by molar-refractivity contribution is 0.174. The monoisotopic (exact) mass is 331 g/mol. The lowest BCUT2D eigenvalue weighted by atomic mass is 10.00. The molecule has 0 unspecified atom stereocenters. The summed E-state index contributed by atoms with van der Waals surface area (Å²) in [5.41, 5.74) is 4.72. The molecule has 2 aliphatic heterocycles. The van der Waals surface area contributed by atoms with E-state index < -0.39 is 0 Å². The van der Waals surface area contributed by atoms with E-state index in [1.165, 1.54) is 11.3 Å². The molecule has 0 fully saturated rings. The normalized spacial score (nSPS) is 18.0. The van der Waals surface area contributed by atoms with Crippen LogP contribution in [0.4, 0.5) is 0 Å². The number of hydrogen-bond donors (Lipinski definition) is 1. The third-order valence-corrected chi connectivity index (χ3v) is 5.46. The van der Waals surface area contributed by atoms with E-state index in [0.717, 1.165) is 48.0 Å². The summed E-state index contributed by atoms with van der Waals surface area (Å²) in [5.74, 6) is 2.78. The third-order valence-electron chi connectivity index (χ3n) is 4.64. The number of thioether (sulfide) groups is 1. The van der Waals surface area contributed by atoms with Crippen LogP contribution in [0.3, 0.4) is 0 Å². The summed E-state index contributed by atoms with van der Waals surface area (Å²) < 4.78 is 10.9. The molecule has 2 aliphatic rings. The Balaban J connectivity index is 1.64. The number of aromatic nitrogens is 2. The highest BCUT2D eigenvalue weighted by molar-refractivity contribution is 7.98. The number of ether oxygens (including phenoxy) is 2. The molecule has 0 amide bonds. The van der Waals surface area contributed by atoms with Gasteiger partial charge >= 0.3 is 0 Å². The van der Waals surface area contributed by atoms with Crippen molar-refractivity contribution in [3.05, 3.63) is 29.5 Å². The molecule has 0 aliphatic carbocycles. The van der Waals surface area contributed by atoms with Gasteiger partial charge in [-0.05, 0) is 31.4 Å². The summed E-state index contributed by atoms with van der Waals surface area (Å²) >= 11 is 1.91. The molecule has 122 valence electrons. The summed E-state index contributed by atoms with van der Waals surface area (Å²) in [5, 5.41) is 7.81. The van der Waals surface area contributed by atoms with Gasteiger partial charge in [-0.1, -0.05) is 0 Å². The number of nitrogens with zero attached hydrogens (tertiary/aromatic N) is 2. The highest BCUT2D eigenvalue weighted by Gasteiger charge is 2.26. The summed E-state index contributed by atoms with van der Waals surface area (Å²) in [6.07, 6.45) is 3.20. The van der Waals surface area contributed by atoms with Crippen LogP contribution >= 0.6 is 11.8 Å². The molecule has 0 spiro atoms. The molecular formula is C17H21N3O2S. The smallest absolute Gasteiger partial charge is 0.231 e. The van der Waals surface area contributed by atoms with Crippen molar-refractivity contribution in [2.75, 3.05) is 25.3 Å². The molecule has 6 heteroatoms. The van der Waals surface area contributed by atoms with Crippen molar-refractivity contribution >= 4 is 11.8 Å². The molecule has 1 atom stereocenters. The Morgan fingerprint density at radius 2 is 2.22 bits per heavy atom. The van der Waals surface area contributed by atoms with E-state index in [4.69, 9.17) is 9.47 Å². The van der Waals surface area contributed by atoms with Gasteiger partial charge in [0.25, 0.3) is 0 Å².